The molecule has 2 aromatic heterocycles. The normalized spacial score (nSPS) is 17.2. The number of fused-ring (bicyclic) bond motifs is 1. The minimum absolute atomic E-state index is 0.00327. The number of halogens is 1. The zero-order valence-corrected chi connectivity index (χ0v) is 15.5. The van der Waals surface area contributed by atoms with Crippen molar-refractivity contribution in [2.75, 3.05) is 6.54 Å². The Morgan fingerprint density at radius 3 is 2.76 bits per heavy atom. The van der Waals surface area contributed by atoms with Gasteiger partial charge in [-0.2, -0.15) is 0 Å². The highest BCUT2D eigenvalue weighted by molar-refractivity contribution is 9.10. The van der Waals surface area contributed by atoms with Crippen molar-refractivity contribution in [1.29, 1.82) is 0 Å². The van der Waals surface area contributed by atoms with E-state index in [-0.39, 0.29) is 11.9 Å². The number of hydrogen-bond acceptors (Lipinski definition) is 3. The summed E-state index contributed by atoms with van der Waals surface area (Å²) in [5.41, 5.74) is 3.51. The molecule has 126 valence electrons. The SMILES string of the molecule is Cc1cncc2ccc(C(=O)N3CCCC3c3ccc(Br)cc3)nc12. The second kappa shape index (κ2) is 6.56. The van der Waals surface area contributed by atoms with Gasteiger partial charge >= 0.3 is 0 Å². The average molecular weight is 396 g/mol. The molecule has 0 bridgehead atoms. The molecule has 1 aliphatic rings. The van der Waals surface area contributed by atoms with Gasteiger partial charge < -0.3 is 4.90 Å². The number of aryl methyl sites for hydroxylation is 1. The van der Waals surface area contributed by atoms with Crippen LogP contribution < -0.4 is 0 Å². The summed E-state index contributed by atoms with van der Waals surface area (Å²) in [6, 6.07) is 12.1. The van der Waals surface area contributed by atoms with Crippen molar-refractivity contribution in [3.05, 3.63) is 70.1 Å². The van der Waals surface area contributed by atoms with Gasteiger partial charge in [0.25, 0.3) is 5.91 Å². The Kier molecular flexibility index (Phi) is 4.25. The molecule has 1 unspecified atom stereocenters. The fourth-order valence-electron chi connectivity index (χ4n) is 3.49. The molecule has 0 aliphatic carbocycles. The third-order valence-corrected chi connectivity index (χ3v) is 5.30. The van der Waals surface area contributed by atoms with E-state index < -0.39 is 0 Å². The third-order valence-electron chi connectivity index (χ3n) is 4.77. The largest absolute Gasteiger partial charge is 0.330 e. The van der Waals surface area contributed by atoms with Crippen LogP contribution in [0, 0.1) is 6.92 Å². The van der Waals surface area contributed by atoms with Crippen molar-refractivity contribution in [2.24, 2.45) is 0 Å². The Bertz CT molecular complexity index is 939. The van der Waals surface area contributed by atoms with Crippen LogP contribution in [0.15, 0.2) is 53.3 Å². The molecule has 1 saturated heterocycles. The fraction of sp³-hybridized carbons (Fsp3) is 0.250. The highest BCUT2D eigenvalue weighted by atomic mass is 79.9. The highest BCUT2D eigenvalue weighted by Crippen LogP contribution is 2.33. The molecule has 25 heavy (non-hydrogen) atoms. The lowest BCUT2D eigenvalue weighted by atomic mass is 10.0. The molecule has 1 fully saturated rings. The van der Waals surface area contributed by atoms with Crippen LogP contribution in [0.3, 0.4) is 0 Å². The maximum Gasteiger partial charge on any atom is 0.272 e. The summed E-state index contributed by atoms with van der Waals surface area (Å²) in [7, 11) is 0. The van der Waals surface area contributed by atoms with E-state index in [2.05, 4.69) is 38.0 Å². The van der Waals surface area contributed by atoms with Gasteiger partial charge in [-0.05, 0) is 55.2 Å². The van der Waals surface area contributed by atoms with Crippen LogP contribution in [0.4, 0.5) is 0 Å². The van der Waals surface area contributed by atoms with Crippen LogP contribution in [0.2, 0.25) is 0 Å². The van der Waals surface area contributed by atoms with Crippen molar-refractivity contribution in [2.45, 2.75) is 25.8 Å². The van der Waals surface area contributed by atoms with E-state index in [1.165, 1.54) is 5.56 Å². The number of carbonyl (C=O) groups is 1. The van der Waals surface area contributed by atoms with Crippen LogP contribution in [0.1, 0.15) is 40.5 Å². The van der Waals surface area contributed by atoms with E-state index in [1.807, 2.05) is 36.1 Å². The molecular weight excluding hydrogens is 378 g/mol. The summed E-state index contributed by atoms with van der Waals surface area (Å²) in [6.07, 6.45) is 5.57. The molecule has 1 atom stereocenters. The first-order valence-corrected chi connectivity index (χ1v) is 9.20. The Balaban J connectivity index is 1.67. The molecule has 0 N–H and O–H groups in total. The smallest absolute Gasteiger partial charge is 0.272 e. The van der Waals surface area contributed by atoms with Gasteiger partial charge in [0.05, 0.1) is 11.6 Å². The van der Waals surface area contributed by atoms with Crippen molar-refractivity contribution in [1.82, 2.24) is 14.9 Å². The second-order valence-electron chi connectivity index (χ2n) is 6.43. The van der Waals surface area contributed by atoms with E-state index in [0.717, 1.165) is 40.3 Å². The van der Waals surface area contributed by atoms with Gasteiger partial charge in [0, 0.05) is 28.8 Å². The molecule has 0 saturated carbocycles. The van der Waals surface area contributed by atoms with Gasteiger partial charge in [0.15, 0.2) is 0 Å². The van der Waals surface area contributed by atoms with Gasteiger partial charge in [-0.3, -0.25) is 9.78 Å². The quantitative estimate of drug-likeness (QED) is 0.632. The van der Waals surface area contributed by atoms with E-state index in [1.54, 1.807) is 12.4 Å². The Morgan fingerprint density at radius 2 is 1.96 bits per heavy atom. The van der Waals surface area contributed by atoms with Crippen LogP contribution in [0.25, 0.3) is 10.9 Å². The van der Waals surface area contributed by atoms with Crippen molar-refractivity contribution < 1.29 is 4.79 Å². The lowest BCUT2D eigenvalue weighted by Crippen LogP contribution is -2.31. The van der Waals surface area contributed by atoms with E-state index >= 15 is 0 Å². The van der Waals surface area contributed by atoms with Gasteiger partial charge in [0.1, 0.15) is 5.69 Å². The monoisotopic (exact) mass is 395 g/mol. The molecule has 5 heteroatoms. The van der Waals surface area contributed by atoms with Crippen LogP contribution in [-0.4, -0.2) is 27.3 Å². The van der Waals surface area contributed by atoms with E-state index in [0.29, 0.717) is 5.69 Å². The van der Waals surface area contributed by atoms with Crippen molar-refractivity contribution in [3.8, 4) is 0 Å². The second-order valence-corrected chi connectivity index (χ2v) is 7.35. The van der Waals surface area contributed by atoms with Crippen molar-refractivity contribution in [3.63, 3.8) is 0 Å². The summed E-state index contributed by atoms with van der Waals surface area (Å²) >= 11 is 3.47. The van der Waals surface area contributed by atoms with Crippen LogP contribution in [0.5, 0.6) is 0 Å². The number of likely N-dealkylation sites (tertiary alicyclic amines) is 1. The third kappa shape index (κ3) is 3.04. The fourth-order valence-corrected chi connectivity index (χ4v) is 3.75. The lowest BCUT2D eigenvalue weighted by molar-refractivity contribution is 0.0730. The standard InChI is InChI=1S/C20H18BrN3O/c1-13-11-22-12-15-6-9-17(23-19(13)15)20(25)24-10-2-3-18(24)14-4-7-16(21)8-5-14/h4-9,11-12,18H,2-3,10H2,1H3. The number of amides is 1. The Hall–Kier alpha value is -2.27. The molecule has 1 aliphatic heterocycles. The number of hydrogen-bond donors (Lipinski definition) is 0. The molecule has 4 rings (SSSR count). The molecule has 4 nitrogen and oxygen atoms in total. The molecule has 0 spiro atoms. The lowest BCUT2D eigenvalue weighted by Gasteiger charge is -2.25. The summed E-state index contributed by atoms with van der Waals surface area (Å²) < 4.78 is 1.05. The number of aromatic nitrogens is 2. The summed E-state index contributed by atoms with van der Waals surface area (Å²) in [5.74, 6) is 0.00327. The number of benzene rings is 1. The molecule has 3 heterocycles. The van der Waals surface area contributed by atoms with Crippen LogP contribution >= 0.6 is 15.9 Å². The minimum atomic E-state index is 0.00327. The van der Waals surface area contributed by atoms with Gasteiger partial charge in [-0.25, -0.2) is 4.98 Å². The maximum atomic E-state index is 13.1. The molecule has 3 aromatic rings. The summed E-state index contributed by atoms with van der Waals surface area (Å²) in [4.78, 5) is 23.9. The topological polar surface area (TPSA) is 46.1 Å². The van der Waals surface area contributed by atoms with Crippen LogP contribution in [-0.2, 0) is 0 Å². The first-order valence-electron chi connectivity index (χ1n) is 8.41. The van der Waals surface area contributed by atoms with Gasteiger partial charge in [0.2, 0.25) is 0 Å². The zero-order chi connectivity index (χ0) is 17.4. The zero-order valence-electron chi connectivity index (χ0n) is 13.9. The Labute approximate surface area is 155 Å². The number of nitrogens with zero attached hydrogens (tertiary/aromatic N) is 3. The first kappa shape index (κ1) is 16.2. The maximum absolute atomic E-state index is 13.1. The molecule has 1 aromatic carbocycles. The van der Waals surface area contributed by atoms with E-state index in [9.17, 15) is 4.79 Å². The Morgan fingerprint density at radius 1 is 1.16 bits per heavy atom. The minimum Gasteiger partial charge on any atom is -0.330 e. The van der Waals surface area contributed by atoms with Gasteiger partial charge in [-0.15, -0.1) is 0 Å². The highest BCUT2D eigenvalue weighted by Gasteiger charge is 2.31. The van der Waals surface area contributed by atoms with E-state index in [4.69, 9.17) is 0 Å². The predicted octanol–water partition coefficient (Wildman–Crippen LogP) is 4.68. The predicted molar refractivity (Wildman–Crippen MR) is 101 cm³/mol. The first-order chi connectivity index (χ1) is 12.1. The molecule has 1 amide bonds. The number of pyridine rings is 2. The van der Waals surface area contributed by atoms with Crippen molar-refractivity contribution >= 4 is 32.7 Å². The number of rotatable bonds is 2. The molecule has 0 radical (unpaired) electrons. The molecular formula is C20H18BrN3O. The number of carbonyl (C=O) groups excluding carboxylic acids is 1. The average Bonchev–Trinajstić information content (AvgIpc) is 3.11. The summed E-state index contributed by atoms with van der Waals surface area (Å²) in [5, 5.41) is 0.961. The van der Waals surface area contributed by atoms with Gasteiger partial charge in [-0.1, -0.05) is 28.1 Å². The summed E-state index contributed by atoms with van der Waals surface area (Å²) in [6.45, 7) is 2.74.